The third-order valence-corrected chi connectivity index (χ3v) is 3.19. The zero-order chi connectivity index (χ0) is 12.4. The fraction of sp³-hybridized carbons (Fsp3) is 0.167. The van der Waals surface area contributed by atoms with E-state index in [1.807, 2.05) is 29.0 Å². The first-order valence-corrected chi connectivity index (χ1v) is 6.09. The standard InChI is InChI=1S/C12H13BrN4/c1-2-11-16-5-6-17(11)10-4-3-8(12(14)15)7-9(10)13/h3-7H,2H2,1H3,(H3,14,15). The third-order valence-electron chi connectivity index (χ3n) is 2.55. The van der Waals surface area contributed by atoms with Crippen molar-refractivity contribution in [3.63, 3.8) is 0 Å². The molecule has 0 radical (unpaired) electrons. The first-order chi connectivity index (χ1) is 8.13. The maximum Gasteiger partial charge on any atom is 0.122 e. The molecule has 5 heteroatoms. The Labute approximate surface area is 108 Å². The van der Waals surface area contributed by atoms with E-state index < -0.39 is 0 Å². The van der Waals surface area contributed by atoms with Crippen molar-refractivity contribution in [2.24, 2.45) is 5.73 Å². The van der Waals surface area contributed by atoms with Gasteiger partial charge in [-0.15, -0.1) is 0 Å². The number of nitrogens with one attached hydrogen (secondary N) is 1. The van der Waals surface area contributed by atoms with Gasteiger partial charge in [-0.2, -0.15) is 0 Å². The number of aromatic nitrogens is 2. The average molecular weight is 293 g/mol. The summed E-state index contributed by atoms with van der Waals surface area (Å²) in [5, 5.41) is 7.39. The fourth-order valence-corrected chi connectivity index (χ4v) is 2.25. The predicted molar refractivity (Wildman–Crippen MR) is 71.7 cm³/mol. The second-order valence-corrected chi connectivity index (χ2v) is 4.50. The molecule has 0 spiro atoms. The summed E-state index contributed by atoms with van der Waals surface area (Å²) in [6.07, 6.45) is 4.57. The molecular weight excluding hydrogens is 280 g/mol. The molecule has 88 valence electrons. The second kappa shape index (κ2) is 4.71. The van der Waals surface area contributed by atoms with Crippen LogP contribution in [0.2, 0.25) is 0 Å². The number of nitrogens with zero attached hydrogens (tertiary/aromatic N) is 2. The van der Waals surface area contributed by atoms with E-state index in [0.29, 0.717) is 5.56 Å². The molecule has 0 atom stereocenters. The van der Waals surface area contributed by atoms with Crippen molar-refractivity contribution in [3.05, 3.63) is 46.5 Å². The van der Waals surface area contributed by atoms with Gasteiger partial charge < -0.3 is 10.3 Å². The Morgan fingerprint density at radius 1 is 1.53 bits per heavy atom. The summed E-state index contributed by atoms with van der Waals surface area (Å²) in [6.45, 7) is 2.07. The summed E-state index contributed by atoms with van der Waals surface area (Å²) < 4.78 is 2.92. The lowest BCUT2D eigenvalue weighted by atomic mass is 10.2. The number of benzene rings is 1. The molecule has 0 aliphatic heterocycles. The number of hydrogen-bond donors (Lipinski definition) is 2. The minimum absolute atomic E-state index is 0.0681. The van der Waals surface area contributed by atoms with Gasteiger partial charge in [-0.1, -0.05) is 6.92 Å². The Morgan fingerprint density at radius 3 is 2.88 bits per heavy atom. The molecule has 0 bridgehead atoms. The predicted octanol–water partition coefficient (Wildman–Crippen LogP) is 2.48. The molecule has 1 heterocycles. The van der Waals surface area contributed by atoms with E-state index >= 15 is 0 Å². The average Bonchev–Trinajstić information content (AvgIpc) is 2.76. The van der Waals surface area contributed by atoms with Crippen molar-refractivity contribution in [2.45, 2.75) is 13.3 Å². The van der Waals surface area contributed by atoms with Crippen molar-refractivity contribution < 1.29 is 0 Å². The molecule has 1 aromatic carbocycles. The van der Waals surface area contributed by atoms with Crippen LogP contribution in [0.5, 0.6) is 0 Å². The molecule has 0 unspecified atom stereocenters. The Morgan fingerprint density at radius 2 is 2.29 bits per heavy atom. The maximum atomic E-state index is 7.39. The van der Waals surface area contributed by atoms with Crippen molar-refractivity contribution >= 4 is 21.8 Å². The van der Waals surface area contributed by atoms with Crippen LogP contribution < -0.4 is 5.73 Å². The monoisotopic (exact) mass is 292 g/mol. The summed E-state index contributed by atoms with van der Waals surface area (Å²) in [7, 11) is 0. The summed E-state index contributed by atoms with van der Waals surface area (Å²) in [5.41, 5.74) is 7.16. The van der Waals surface area contributed by atoms with Crippen molar-refractivity contribution in [1.29, 1.82) is 5.41 Å². The van der Waals surface area contributed by atoms with Gasteiger partial charge in [-0.3, -0.25) is 5.41 Å². The van der Waals surface area contributed by atoms with Gasteiger partial charge in [0.1, 0.15) is 11.7 Å². The van der Waals surface area contributed by atoms with E-state index in [9.17, 15) is 0 Å². The van der Waals surface area contributed by atoms with Crippen molar-refractivity contribution in [3.8, 4) is 5.69 Å². The third kappa shape index (κ3) is 2.24. The second-order valence-electron chi connectivity index (χ2n) is 3.65. The SMILES string of the molecule is CCc1nccn1-c1ccc(C(=N)N)cc1Br. The van der Waals surface area contributed by atoms with Gasteiger partial charge in [0, 0.05) is 28.9 Å². The van der Waals surface area contributed by atoms with Gasteiger partial charge >= 0.3 is 0 Å². The molecule has 0 fully saturated rings. The van der Waals surface area contributed by atoms with Crippen LogP contribution in [-0.4, -0.2) is 15.4 Å². The van der Waals surface area contributed by atoms with Crippen LogP contribution in [0, 0.1) is 5.41 Å². The summed E-state index contributed by atoms with van der Waals surface area (Å²) in [6, 6.07) is 5.61. The molecular formula is C12H13BrN4. The van der Waals surface area contributed by atoms with Gasteiger partial charge in [-0.05, 0) is 34.1 Å². The molecule has 0 saturated carbocycles. The van der Waals surface area contributed by atoms with E-state index in [2.05, 4.69) is 27.8 Å². The van der Waals surface area contributed by atoms with Crippen molar-refractivity contribution in [2.75, 3.05) is 0 Å². The largest absolute Gasteiger partial charge is 0.384 e. The van der Waals surface area contributed by atoms with Gasteiger partial charge in [0.15, 0.2) is 0 Å². The molecule has 1 aromatic heterocycles. The van der Waals surface area contributed by atoms with Crippen LogP contribution in [0.1, 0.15) is 18.3 Å². The molecule has 0 saturated heterocycles. The lowest BCUT2D eigenvalue weighted by Crippen LogP contribution is -2.11. The summed E-state index contributed by atoms with van der Waals surface area (Å²) in [5.74, 6) is 1.07. The van der Waals surface area contributed by atoms with E-state index in [1.165, 1.54) is 0 Å². The Bertz CT molecular complexity index is 559. The molecule has 0 aliphatic carbocycles. The minimum atomic E-state index is 0.0681. The maximum absolute atomic E-state index is 7.39. The lowest BCUT2D eigenvalue weighted by Gasteiger charge is -2.10. The van der Waals surface area contributed by atoms with E-state index in [0.717, 1.165) is 22.4 Å². The number of nitrogen functional groups attached to an aromatic ring is 1. The quantitative estimate of drug-likeness (QED) is 0.674. The fourth-order valence-electron chi connectivity index (χ4n) is 1.69. The highest BCUT2D eigenvalue weighted by molar-refractivity contribution is 9.10. The first-order valence-electron chi connectivity index (χ1n) is 5.30. The Balaban J connectivity index is 2.50. The van der Waals surface area contributed by atoms with E-state index in [4.69, 9.17) is 11.1 Å². The number of halogens is 1. The first kappa shape index (κ1) is 11.9. The number of aryl methyl sites for hydroxylation is 1. The normalized spacial score (nSPS) is 10.5. The summed E-state index contributed by atoms with van der Waals surface area (Å²) in [4.78, 5) is 4.28. The molecule has 4 nitrogen and oxygen atoms in total. The number of hydrogen-bond acceptors (Lipinski definition) is 2. The van der Waals surface area contributed by atoms with E-state index in [-0.39, 0.29) is 5.84 Å². The topological polar surface area (TPSA) is 67.7 Å². The molecule has 0 aliphatic rings. The van der Waals surface area contributed by atoms with E-state index in [1.54, 1.807) is 6.20 Å². The smallest absolute Gasteiger partial charge is 0.122 e. The summed E-state index contributed by atoms with van der Waals surface area (Å²) >= 11 is 3.50. The van der Waals surface area contributed by atoms with Crippen LogP contribution in [0.15, 0.2) is 35.1 Å². The van der Waals surface area contributed by atoms with Crippen LogP contribution in [-0.2, 0) is 6.42 Å². The highest BCUT2D eigenvalue weighted by Crippen LogP contribution is 2.23. The lowest BCUT2D eigenvalue weighted by molar-refractivity contribution is 0.888. The highest BCUT2D eigenvalue weighted by Gasteiger charge is 2.08. The number of amidine groups is 1. The molecule has 2 rings (SSSR count). The zero-order valence-corrected chi connectivity index (χ0v) is 11.0. The van der Waals surface area contributed by atoms with Crippen LogP contribution >= 0.6 is 15.9 Å². The zero-order valence-electron chi connectivity index (χ0n) is 9.44. The minimum Gasteiger partial charge on any atom is -0.384 e. The number of nitrogens with two attached hydrogens (primary N) is 1. The van der Waals surface area contributed by atoms with Gasteiger partial charge in [0.05, 0.1) is 5.69 Å². The number of rotatable bonds is 3. The van der Waals surface area contributed by atoms with Crippen LogP contribution in [0.25, 0.3) is 5.69 Å². The van der Waals surface area contributed by atoms with Crippen LogP contribution in [0.4, 0.5) is 0 Å². The molecule has 0 amide bonds. The van der Waals surface area contributed by atoms with Gasteiger partial charge in [0.2, 0.25) is 0 Å². The number of imidazole rings is 1. The van der Waals surface area contributed by atoms with Crippen LogP contribution in [0.3, 0.4) is 0 Å². The van der Waals surface area contributed by atoms with Gasteiger partial charge in [-0.25, -0.2) is 4.98 Å². The van der Waals surface area contributed by atoms with Crippen molar-refractivity contribution in [1.82, 2.24) is 9.55 Å². The molecule has 2 aromatic rings. The molecule has 17 heavy (non-hydrogen) atoms. The van der Waals surface area contributed by atoms with Gasteiger partial charge in [0.25, 0.3) is 0 Å². The Kier molecular flexibility index (Phi) is 3.28. The highest BCUT2D eigenvalue weighted by atomic mass is 79.9. The Hall–Kier alpha value is -1.62. The molecule has 3 N–H and O–H groups in total.